The second kappa shape index (κ2) is 6.58. The van der Waals surface area contributed by atoms with Gasteiger partial charge in [-0.1, -0.05) is 25.1 Å². The third-order valence-electron chi connectivity index (χ3n) is 6.08. The largest absolute Gasteiger partial charge is 0.393 e. The van der Waals surface area contributed by atoms with Crippen LogP contribution in [0, 0.1) is 11.8 Å². The van der Waals surface area contributed by atoms with E-state index in [4.69, 9.17) is 4.74 Å². The summed E-state index contributed by atoms with van der Waals surface area (Å²) in [4.78, 5) is 25.4. The molecule has 9 heteroatoms. The lowest BCUT2D eigenvalue weighted by atomic mass is 9.95. The average molecular weight is 395 g/mol. The van der Waals surface area contributed by atoms with Crippen LogP contribution in [0.15, 0.2) is 43.0 Å². The molecule has 1 amide bonds. The Labute approximate surface area is 166 Å². The topological polar surface area (TPSA) is 122 Å². The number of nitrogens with zero attached hydrogens (tertiary/aromatic N) is 4. The van der Waals surface area contributed by atoms with Gasteiger partial charge in [-0.3, -0.25) is 9.36 Å². The van der Waals surface area contributed by atoms with Crippen LogP contribution in [0.25, 0.3) is 11.2 Å². The average Bonchev–Trinajstić information content (AvgIpc) is 3.36. The van der Waals surface area contributed by atoms with Crippen LogP contribution in [0.2, 0.25) is 0 Å². The number of hydrogen-bond acceptors (Lipinski definition) is 7. The highest BCUT2D eigenvalue weighted by Gasteiger charge is 2.63. The van der Waals surface area contributed by atoms with Gasteiger partial charge in [-0.25, -0.2) is 15.0 Å². The van der Waals surface area contributed by atoms with Crippen LogP contribution in [0.4, 0.5) is 5.82 Å². The number of aliphatic hydroxyl groups excluding tert-OH is 2. The molecule has 9 nitrogen and oxygen atoms in total. The lowest BCUT2D eigenvalue weighted by molar-refractivity contribution is -0.147. The number of carbonyl (C=O) groups is 1. The first-order valence-corrected chi connectivity index (χ1v) is 9.55. The summed E-state index contributed by atoms with van der Waals surface area (Å²) in [5.41, 5.74) is 0.483. The molecule has 1 saturated carbocycles. The fourth-order valence-corrected chi connectivity index (χ4v) is 4.67. The van der Waals surface area contributed by atoms with Gasteiger partial charge in [0.15, 0.2) is 17.0 Å². The zero-order valence-corrected chi connectivity index (χ0v) is 15.8. The summed E-state index contributed by atoms with van der Waals surface area (Å²) < 4.78 is 7.84. The number of ether oxygens (including phenoxy) is 1. The van der Waals surface area contributed by atoms with Crippen molar-refractivity contribution in [3.05, 3.63) is 48.5 Å². The molecule has 2 fully saturated rings. The van der Waals surface area contributed by atoms with Gasteiger partial charge in [0.05, 0.1) is 19.0 Å². The number of amides is 1. The number of rotatable bonds is 4. The van der Waals surface area contributed by atoms with E-state index in [1.165, 1.54) is 6.33 Å². The van der Waals surface area contributed by atoms with Crippen molar-refractivity contribution in [1.82, 2.24) is 19.5 Å². The molecule has 1 aliphatic carbocycles. The summed E-state index contributed by atoms with van der Waals surface area (Å²) in [5, 5.41) is 23.3. The van der Waals surface area contributed by atoms with E-state index in [-0.39, 0.29) is 24.3 Å². The van der Waals surface area contributed by atoms with Crippen LogP contribution in [-0.2, 0) is 4.74 Å². The lowest BCUT2D eigenvalue weighted by Crippen LogP contribution is -2.41. The Hall–Kier alpha value is -2.88. The van der Waals surface area contributed by atoms with Crippen molar-refractivity contribution < 1.29 is 19.7 Å². The SMILES string of the molecule is C[C@@H]1C[C@]2(CO)O[C@@H](n3cnc4c(NC(=O)c5ccccc5)ncnc43)[C@H]1[C@@H]2O. The van der Waals surface area contributed by atoms with Gasteiger partial charge in [0.2, 0.25) is 0 Å². The highest BCUT2D eigenvalue weighted by atomic mass is 16.6. The third kappa shape index (κ3) is 2.65. The van der Waals surface area contributed by atoms with Crippen molar-refractivity contribution in [3.8, 4) is 0 Å². The standard InChI is InChI=1S/C20H21N5O4/c1-11-7-20(8-26)15(27)13(11)19(29-20)25-10-23-14-16(21-9-22-17(14)25)24-18(28)12-5-3-2-4-6-12/h2-6,9-11,13,15,19,26-27H,7-8H2,1H3,(H,21,22,24,28)/t11-,13-,15+,19-,20-/m1/s1. The number of aromatic nitrogens is 4. The summed E-state index contributed by atoms with van der Waals surface area (Å²) in [6, 6.07) is 8.84. The summed E-state index contributed by atoms with van der Waals surface area (Å²) in [6.45, 7) is 1.80. The first-order chi connectivity index (χ1) is 14.0. The molecule has 3 aromatic rings. The Bertz CT molecular complexity index is 1070. The summed E-state index contributed by atoms with van der Waals surface area (Å²) in [5.74, 6) is 0.000135. The normalized spacial score (nSPS) is 30.7. The quantitative estimate of drug-likeness (QED) is 0.609. The molecule has 1 aliphatic heterocycles. The zero-order valence-electron chi connectivity index (χ0n) is 15.8. The number of benzene rings is 1. The molecule has 3 N–H and O–H groups in total. The van der Waals surface area contributed by atoms with Crippen molar-refractivity contribution in [1.29, 1.82) is 0 Å². The number of nitrogens with one attached hydrogen (secondary N) is 1. The molecule has 0 unspecified atom stereocenters. The molecule has 5 rings (SSSR count). The van der Waals surface area contributed by atoms with E-state index in [0.717, 1.165) is 0 Å². The minimum absolute atomic E-state index is 0.174. The van der Waals surface area contributed by atoms with Gasteiger partial charge in [0.1, 0.15) is 18.2 Å². The molecule has 0 spiro atoms. The zero-order chi connectivity index (χ0) is 20.2. The smallest absolute Gasteiger partial charge is 0.256 e. The molecular weight excluding hydrogens is 374 g/mol. The number of hydrogen-bond donors (Lipinski definition) is 3. The fourth-order valence-electron chi connectivity index (χ4n) is 4.67. The Morgan fingerprint density at radius 2 is 2.10 bits per heavy atom. The van der Waals surface area contributed by atoms with Crippen LogP contribution in [-0.4, -0.2) is 54.0 Å². The molecule has 3 heterocycles. The summed E-state index contributed by atoms with van der Waals surface area (Å²) in [6.07, 6.45) is 2.28. The van der Waals surface area contributed by atoms with Crippen molar-refractivity contribution >= 4 is 22.9 Å². The molecule has 29 heavy (non-hydrogen) atoms. The van der Waals surface area contributed by atoms with Crippen molar-refractivity contribution in [2.45, 2.75) is 31.3 Å². The number of fused-ring (bicyclic) bond motifs is 3. The molecular formula is C20H21N5O4. The minimum Gasteiger partial charge on any atom is -0.393 e. The van der Waals surface area contributed by atoms with Crippen LogP contribution >= 0.6 is 0 Å². The molecule has 0 radical (unpaired) electrons. The minimum atomic E-state index is -0.956. The van der Waals surface area contributed by atoms with Crippen LogP contribution in [0.5, 0.6) is 0 Å². The Morgan fingerprint density at radius 3 is 2.83 bits per heavy atom. The van der Waals surface area contributed by atoms with Crippen LogP contribution < -0.4 is 5.32 Å². The highest BCUT2D eigenvalue weighted by Crippen LogP contribution is 2.55. The molecule has 5 atom stereocenters. The van der Waals surface area contributed by atoms with Crippen molar-refractivity contribution in [2.75, 3.05) is 11.9 Å². The van der Waals surface area contributed by atoms with E-state index in [1.54, 1.807) is 35.2 Å². The molecule has 2 aromatic heterocycles. The van der Waals surface area contributed by atoms with Gasteiger partial charge in [-0.15, -0.1) is 0 Å². The van der Waals surface area contributed by atoms with Gasteiger partial charge in [0.25, 0.3) is 5.91 Å². The summed E-state index contributed by atoms with van der Waals surface area (Å²) >= 11 is 0. The van der Waals surface area contributed by atoms with Crippen LogP contribution in [0.1, 0.15) is 29.9 Å². The van der Waals surface area contributed by atoms with Gasteiger partial charge in [0, 0.05) is 11.5 Å². The van der Waals surface area contributed by atoms with E-state index < -0.39 is 17.9 Å². The number of aliphatic hydroxyl groups is 2. The first-order valence-electron chi connectivity index (χ1n) is 9.55. The Balaban J connectivity index is 1.49. The molecule has 150 valence electrons. The Kier molecular flexibility index (Phi) is 4.12. The number of carbonyl (C=O) groups excluding carboxylic acids is 1. The van der Waals surface area contributed by atoms with Gasteiger partial charge < -0.3 is 20.3 Å². The van der Waals surface area contributed by atoms with E-state index in [2.05, 4.69) is 20.3 Å². The predicted octanol–water partition coefficient (Wildman–Crippen LogP) is 1.36. The molecule has 2 bridgehead atoms. The number of anilines is 1. The maximum Gasteiger partial charge on any atom is 0.256 e. The van der Waals surface area contributed by atoms with Gasteiger partial charge in [-0.05, 0) is 24.5 Å². The van der Waals surface area contributed by atoms with E-state index in [0.29, 0.717) is 29.0 Å². The van der Waals surface area contributed by atoms with Gasteiger partial charge in [-0.2, -0.15) is 0 Å². The molecule has 2 aliphatic rings. The lowest BCUT2D eigenvalue weighted by Gasteiger charge is -2.32. The van der Waals surface area contributed by atoms with Crippen molar-refractivity contribution in [3.63, 3.8) is 0 Å². The number of imidazole rings is 1. The third-order valence-corrected chi connectivity index (χ3v) is 6.08. The van der Waals surface area contributed by atoms with E-state index in [9.17, 15) is 15.0 Å². The van der Waals surface area contributed by atoms with E-state index in [1.807, 2.05) is 13.0 Å². The van der Waals surface area contributed by atoms with Gasteiger partial charge >= 0.3 is 0 Å². The monoisotopic (exact) mass is 395 g/mol. The summed E-state index contributed by atoms with van der Waals surface area (Å²) in [7, 11) is 0. The Morgan fingerprint density at radius 1 is 1.31 bits per heavy atom. The highest BCUT2D eigenvalue weighted by molar-refractivity contribution is 6.06. The fraction of sp³-hybridized carbons (Fsp3) is 0.400. The maximum absolute atomic E-state index is 12.5. The molecule has 1 aromatic carbocycles. The van der Waals surface area contributed by atoms with Crippen molar-refractivity contribution in [2.24, 2.45) is 11.8 Å². The van der Waals surface area contributed by atoms with Crippen LogP contribution in [0.3, 0.4) is 0 Å². The molecule has 1 saturated heterocycles. The maximum atomic E-state index is 12.5. The second-order valence-corrected chi connectivity index (χ2v) is 7.80. The second-order valence-electron chi connectivity index (χ2n) is 7.80. The van der Waals surface area contributed by atoms with E-state index >= 15 is 0 Å². The first kappa shape index (κ1) is 18.2. The predicted molar refractivity (Wildman–Crippen MR) is 103 cm³/mol.